The number of amides is 1. The summed E-state index contributed by atoms with van der Waals surface area (Å²) in [6.07, 6.45) is 4.55. The Morgan fingerprint density at radius 3 is 2.34 bits per heavy atom. The lowest BCUT2D eigenvalue weighted by Gasteiger charge is -2.19. The first-order valence-electron chi connectivity index (χ1n) is 9.66. The maximum Gasteiger partial charge on any atom is 0.220 e. The normalized spacial score (nSPS) is 11.4. The summed E-state index contributed by atoms with van der Waals surface area (Å²) in [7, 11) is 2.00. The second-order valence-electron chi connectivity index (χ2n) is 6.88. The van der Waals surface area contributed by atoms with Crippen LogP contribution in [0.4, 0.5) is 0 Å². The van der Waals surface area contributed by atoms with Gasteiger partial charge in [-0.3, -0.25) is 4.79 Å². The molecule has 0 aliphatic rings. The van der Waals surface area contributed by atoms with E-state index >= 15 is 0 Å². The third-order valence-electron chi connectivity index (χ3n) is 4.88. The minimum absolute atomic E-state index is 0. The van der Waals surface area contributed by atoms with Crippen molar-refractivity contribution in [3.63, 3.8) is 0 Å². The molecule has 0 aliphatic heterocycles. The Kier molecular flexibility index (Phi) is 10.7. The third-order valence-corrected chi connectivity index (χ3v) is 4.88. The van der Waals surface area contributed by atoms with Crippen molar-refractivity contribution in [2.24, 2.45) is 12.8 Å². The molecule has 0 saturated heterocycles. The lowest BCUT2D eigenvalue weighted by atomic mass is 10.1. The van der Waals surface area contributed by atoms with Crippen LogP contribution in [0.3, 0.4) is 0 Å². The van der Waals surface area contributed by atoms with Crippen LogP contribution in [0.5, 0.6) is 0 Å². The van der Waals surface area contributed by atoms with Crippen LogP contribution < -0.4 is 11.1 Å². The lowest BCUT2D eigenvalue weighted by Crippen LogP contribution is -2.30. The first-order chi connectivity index (χ1) is 13.2. The van der Waals surface area contributed by atoms with Crippen molar-refractivity contribution in [2.45, 2.75) is 38.1 Å². The number of hydrogen-bond donors (Lipinski definition) is 2. The molecule has 1 heterocycles. The number of fused-ring (bicyclic) bond motifs is 1. The molecule has 2 aromatic carbocycles. The zero-order valence-corrected chi connectivity index (χ0v) is 18.3. The fraction of sp³-hybridized carbons (Fsp3) is 0.364. The topological polar surface area (TPSA) is 72.9 Å². The molecule has 3 rings (SSSR count). The molecule has 1 aromatic heterocycles. The van der Waals surface area contributed by atoms with Gasteiger partial charge in [-0.05, 0) is 37.1 Å². The SMILES string of the molecule is Cl.Cl.Cn1c(C(NC(=O)CCCCCCN)c2ccccc2)nc2ccccc21. The summed E-state index contributed by atoms with van der Waals surface area (Å²) in [6.45, 7) is 0.717. The Morgan fingerprint density at radius 2 is 1.66 bits per heavy atom. The molecule has 3 N–H and O–H groups in total. The minimum Gasteiger partial charge on any atom is -0.342 e. The molecule has 29 heavy (non-hydrogen) atoms. The van der Waals surface area contributed by atoms with Crippen LogP contribution in [0.15, 0.2) is 54.6 Å². The monoisotopic (exact) mass is 436 g/mol. The van der Waals surface area contributed by atoms with Crippen molar-refractivity contribution in [3.8, 4) is 0 Å². The number of carbonyl (C=O) groups is 1. The molecule has 3 aromatic rings. The molecule has 5 nitrogen and oxygen atoms in total. The van der Waals surface area contributed by atoms with E-state index in [4.69, 9.17) is 10.7 Å². The van der Waals surface area contributed by atoms with Crippen molar-refractivity contribution in [1.82, 2.24) is 14.9 Å². The number of carbonyl (C=O) groups excluding carboxylic acids is 1. The minimum atomic E-state index is -0.264. The van der Waals surface area contributed by atoms with Gasteiger partial charge in [0, 0.05) is 13.5 Å². The van der Waals surface area contributed by atoms with E-state index < -0.39 is 0 Å². The average Bonchev–Trinajstić information content (AvgIpc) is 3.03. The van der Waals surface area contributed by atoms with Gasteiger partial charge >= 0.3 is 0 Å². The highest BCUT2D eigenvalue weighted by Gasteiger charge is 2.22. The molecule has 0 radical (unpaired) electrons. The third kappa shape index (κ3) is 6.46. The highest BCUT2D eigenvalue weighted by Crippen LogP contribution is 2.25. The Hall–Kier alpha value is -2.08. The highest BCUT2D eigenvalue weighted by molar-refractivity contribution is 5.85. The van der Waals surface area contributed by atoms with Gasteiger partial charge in [-0.2, -0.15) is 0 Å². The second-order valence-corrected chi connectivity index (χ2v) is 6.88. The van der Waals surface area contributed by atoms with E-state index in [1.165, 1.54) is 0 Å². The molecular formula is C22H30Cl2N4O. The number of rotatable bonds is 9. The number of hydrogen-bond acceptors (Lipinski definition) is 3. The quantitative estimate of drug-likeness (QED) is 0.483. The summed E-state index contributed by atoms with van der Waals surface area (Å²) >= 11 is 0. The van der Waals surface area contributed by atoms with E-state index in [1.807, 2.05) is 61.6 Å². The van der Waals surface area contributed by atoms with Gasteiger partial charge in [0.05, 0.1) is 11.0 Å². The summed E-state index contributed by atoms with van der Waals surface area (Å²) in [4.78, 5) is 17.4. The van der Waals surface area contributed by atoms with Gasteiger partial charge in [-0.1, -0.05) is 55.3 Å². The number of aryl methyl sites for hydroxylation is 1. The van der Waals surface area contributed by atoms with Crippen LogP contribution in [-0.4, -0.2) is 22.0 Å². The Bertz CT molecular complexity index is 883. The number of unbranched alkanes of at least 4 members (excludes halogenated alkanes) is 3. The fourth-order valence-corrected chi connectivity index (χ4v) is 3.38. The van der Waals surface area contributed by atoms with Crippen molar-refractivity contribution in [3.05, 3.63) is 66.0 Å². The van der Waals surface area contributed by atoms with Gasteiger partial charge in [0.15, 0.2) is 0 Å². The predicted octanol–water partition coefficient (Wildman–Crippen LogP) is 4.53. The van der Waals surface area contributed by atoms with Crippen molar-refractivity contribution >= 4 is 41.8 Å². The number of para-hydroxylation sites is 2. The van der Waals surface area contributed by atoms with Crippen molar-refractivity contribution in [1.29, 1.82) is 0 Å². The Labute approximate surface area is 184 Å². The maximum absolute atomic E-state index is 12.6. The van der Waals surface area contributed by atoms with E-state index in [-0.39, 0.29) is 36.8 Å². The molecule has 0 bridgehead atoms. The molecule has 1 unspecified atom stereocenters. The van der Waals surface area contributed by atoms with Crippen LogP contribution in [0, 0.1) is 0 Å². The van der Waals surface area contributed by atoms with E-state index in [2.05, 4.69) is 9.88 Å². The van der Waals surface area contributed by atoms with Gasteiger partial charge in [-0.15, -0.1) is 24.8 Å². The summed E-state index contributed by atoms with van der Waals surface area (Å²) in [6, 6.07) is 17.8. The predicted molar refractivity (Wildman–Crippen MR) is 124 cm³/mol. The standard InChI is InChI=1S/C22H28N4O.2ClH/c1-26-19-14-9-8-13-18(19)24-22(26)21(17-11-5-4-6-12-17)25-20(27)15-7-2-3-10-16-23;;/h4-6,8-9,11-14,21H,2-3,7,10,15-16,23H2,1H3,(H,25,27);2*1H. The second kappa shape index (κ2) is 12.5. The van der Waals surface area contributed by atoms with Crippen LogP contribution in [0.25, 0.3) is 11.0 Å². The average molecular weight is 437 g/mol. The number of aromatic nitrogens is 2. The maximum atomic E-state index is 12.6. The van der Waals surface area contributed by atoms with Gasteiger partial charge in [0.1, 0.15) is 11.9 Å². The van der Waals surface area contributed by atoms with E-state index in [9.17, 15) is 4.79 Å². The molecule has 7 heteroatoms. The van der Waals surface area contributed by atoms with Gasteiger partial charge in [0.2, 0.25) is 5.91 Å². The summed E-state index contributed by atoms with van der Waals surface area (Å²) < 4.78 is 2.06. The van der Waals surface area contributed by atoms with Crippen LogP contribution in [-0.2, 0) is 11.8 Å². The summed E-state index contributed by atoms with van der Waals surface area (Å²) in [5.74, 6) is 0.905. The van der Waals surface area contributed by atoms with Crippen LogP contribution in [0.1, 0.15) is 49.5 Å². The first kappa shape index (κ1) is 25.0. The first-order valence-corrected chi connectivity index (χ1v) is 9.66. The highest BCUT2D eigenvalue weighted by atomic mass is 35.5. The van der Waals surface area contributed by atoms with E-state index in [1.54, 1.807) is 0 Å². The number of imidazole rings is 1. The zero-order chi connectivity index (χ0) is 19.1. The largest absolute Gasteiger partial charge is 0.342 e. The Morgan fingerprint density at radius 1 is 1.00 bits per heavy atom. The molecule has 1 amide bonds. The van der Waals surface area contributed by atoms with Crippen LogP contribution >= 0.6 is 24.8 Å². The van der Waals surface area contributed by atoms with Gasteiger partial charge < -0.3 is 15.6 Å². The molecule has 0 aliphatic carbocycles. The number of nitrogens with zero attached hydrogens (tertiary/aromatic N) is 2. The zero-order valence-electron chi connectivity index (χ0n) is 16.7. The molecule has 0 saturated carbocycles. The summed E-state index contributed by atoms with van der Waals surface area (Å²) in [5.41, 5.74) is 8.55. The molecule has 0 fully saturated rings. The molecule has 0 spiro atoms. The Balaban J connectivity index is 0.00000210. The molecule has 158 valence electrons. The molecular weight excluding hydrogens is 407 g/mol. The smallest absolute Gasteiger partial charge is 0.220 e. The summed E-state index contributed by atoms with van der Waals surface area (Å²) in [5, 5.41) is 3.20. The van der Waals surface area contributed by atoms with E-state index in [0.29, 0.717) is 6.42 Å². The molecule has 1 atom stereocenters. The van der Waals surface area contributed by atoms with Crippen LogP contribution in [0.2, 0.25) is 0 Å². The fourth-order valence-electron chi connectivity index (χ4n) is 3.38. The number of halogens is 2. The van der Waals surface area contributed by atoms with Gasteiger partial charge in [-0.25, -0.2) is 4.98 Å². The number of benzene rings is 2. The van der Waals surface area contributed by atoms with Crippen molar-refractivity contribution in [2.75, 3.05) is 6.54 Å². The van der Waals surface area contributed by atoms with Gasteiger partial charge in [0.25, 0.3) is 0 Å². The van der Waals surface area contributed by atoms with Crippen molar-refractivity contribution < 1.29 is 4.79 Å². The van der Waals surface area contributed by atoms with E-state index in [0.717, 1.165) is 54.6 Å². The number of nitrogens with two attached hydrogens (primary N) is 1. The number of nitrogens with one attached hydrogen (secondary N) is 1. The lowest BCUT2D eigenvalue weighted by molar-refractivity contribution is -0.121.